The highest BCUT2D eigenvalue weighted by Gasteiger charge is 2.50. The molecule has 2 aliphatic rings. The second-order valence-electron chi connectivity index (χ2n) is 11.4. The zero-order chi connectivity index (χ0) is 28.1. The number of thioether (sulfide) groups is 1. The van der Waals surface area contributed by atoms with Crippen LogP contribution in [0, 0.1) is 5.92 Å². The first-order valence-corrected chi connectivity index (χ1v) is 14.2. The number of aliphatic hydroxyl groups is 1. The van der Waals surface area contributed by atoms with Crippen molar-refractivity contribution in [2.45, 2.75) is 102 Å². The molecule has 3 rings (SSSR count). The summed E-state index contributed by atoms with van der Waals surface area (Å²) in [6.07, 6.45) is -3.47. The highest BCUT2D eigenvalue weighted by Crippen LogP contribution is 2.38. The molecule has 2 heterocycles. The van der Waals surface area contributed by atoms with Crippen LogP contribution in [0.25, 0.3) is 0 Å². The standard InChI is InChI=1S/C28H42O9S/c1-8-38-26-22(20(29)21-19(34-26)16-33-25(35-21)17-12-10-9-11-13-17)32-15-14-18(23(30)36-27(2,3)4)24(31)37-28(5,6)7/h9-13,18-22,25-26,29H,8,14-16H2,1-7H3/t19-,20+,21+,22-,25?,26+/m1/s1. The molecule has 1 N–H and O–H groups in total. The number of carbonyl (C=O) groups is 2. The Hall–Kier alpha value is -1.69. The summed E-state index contributed by atoms with van der Waals surface area (Å²) in [5, 5.41) is 11.3. The predicted molar refractivity (Wildman–Crippen MR) is 142 cm³/mol. The normalized spacial score (nSPS) is 28.0. The van der Waals surface area contributed by atoms with E-state index in [1.54, 1.807) is 41.5 Å². The van der Waals surface area contributed by atoms with Crippen LogP contribution in [-0.4, -0.2) is 77.1 Å². The molecule has 0 radical (unpaired) electrons. The molecule has 0 bridgehead atoms. The molecule has 0 aliphatic carbocycles. The average molecular weight is 555 g/mol. The van der Waals surface area contributed by atoms with Gasteiger partial charge in [-0.05, 0) is 53.7 Å². The Labute approximate surface area is 229 Å². The van der Waals surface area contributed by atoms with Gasteiger partial charge in [0.1, 0.15) is 41.1 Å². The molecule has 2 saturated heterocycles. The van der Waals surface area contributed by atoms with Crippen LogP contribution in [0.2, 0.25) is 0 Å². The lowest BCUT2D eigenvalue weighted by molar-refractivity contribution is -0.322. The summed E-state index contributed by atoms with van der Waals surface area (Å²) in [6, 6.07) is 9.50. The zero-order valence-corrected chi connectivity index (χ0v) is 24.2. The van der Waals surface area contributed by atoms with Crippen molar-refractivity contribution >= 4 is 23.7 Å². The Morgan fingerprint density at radius 1 is 1.03 bits per heavy atom. The number of fused-ring (bicyclic) bond motifs is 1. The summed E-state index contributed by atoms with van der Waals surface area (Å²) in [7, 11) is 0. The van der Waals surface area contributed by atoms with Crippen molar-refractivity contribution in [2.75, 3.05) is 19.0 Å². The summed E-state index contributed by atoms with van der Waals surface area (Å²) in [4.78, 5) is 25.7. The molecule has 1 unspecified atom stereocenters. The summed E-state index contributed by atoms with van der Waals surface area (Å²) in [5.41, 5.74) is -1.16. The van der Waals surface area contributed by atoms with E-state index in [1.165, 1.54) is 11.8 Å². The molecule has 1 aromatic rings. The van der Waals surface area contributed by atoms with Crippen molar-refractivity contribution in [3.8, 4) is 0 Å². The molecule has 10 heteroatoms. The third-order valence-electron chi connectivity index (χ3n) is 5.81. The second-order valence-corrected chi connectivity index (χ2v) is 12.8. The van der Waals surface area contributed by atoms with Gasteiger partial charge < -0.3 is 33.5 Å². The third-order valence-corrected chi connectivity index (χ3v) is 6.85. The molecule has 2 aliphatic heterocycles. The van der Waals surface area contributed by atoms with Crippen LogP contribution in [0.5, 0.6) is 0 Å². The number of hydrogen-bond acceptors (Lipinski definition) is 10. The highest BCUT2D eigenvalue weighted by atomic mass is 32.2. The van der Waals surface area contributed by atoms with Crippen LogP contribution in [0.15, 0.2) is 30.3 Å². The topological polar surface area (TPSA) is 110 Å². The van der Waals surface area contributed by atoms with Crippen LogP contribution in [0.4, 0.5) is 0 Å². The number of ether oxygens (including phenoxy) is 6. The minimum Gasteiger partial charge on any atom is -0.459 e. The van der Waals surface area contributed by atoms with Gasteiger partial charge in [-0.25, -0.2) is 0 Å². The van der Waals surface area contributed by atoms with Gasteiger partial charge in [0.25, 0.3) is 0 Å². The minimum absolute atomic E-state index is 0.00497. The molecule has 38 heavy (non-hydrogen) atoms. The van der Waals surface area contributed by atoms with Crippen molar-refractivity contribution in [1.82, 2.24) is 0 Å². The van der Waals surface area contributed by atoms with Gasteiger partial charge in [-0.2, -0.15) is 0 Å². The van der Waals surface area contributed by atoms with Crippen LogP contribution in [0.3, 0.4) is 0 Å². The van der Waals surface area contributed by atoms with E-state index in [4.69, 9.17) is 28.4 Å². The first-order chi connectivity index (χ1) is 17.8. The number of esters is 2. The molecule has 9 nitrogen and oxygen atoms in total. The Morgan fingerprint density at radius 2 is 1.63 bits per heavy atom. The quantitative estimate of drug-likeness (QED) is 0.355. The van der Waals surface area contributed by atoms with Crippen molar-refractivity contribution in [2.24, 2.45) is 5.92 Å². The van der Waals surface area contributed by atoms with E-state index in [0.29, 0.717) is 0 Å². The minimum atomic E-state index is -1.16. The second kappa shape index (κ2) is 13.1. The predicted octanol–water partition coefficient (Wildman–Crippen LogP) is 4.01. The molecule has 0 saturated carbocycles. The van der Waals surface area contributed by atoms with Gasteiger partial charge in [0.15, 0.2) is 12.2 Å². The van der Waals surface area contributed by atoms with Crippen LogP contribution >= 0.6 is 11.8 Å². The fraction of sp³-hybridized carbons (Fsp3) is 0.714. The molecule has 1 aromatic carbocycles. The molecule has 0 spiro atoms. The van der Waals surface area contributed by atoms with Crippen molar-refractivity contribution < 1.29 is 43.1 Å². The number of rotatable bonds is 9. The van der Waals surface area contributed by atoms with Gasteiger partial charge in [-0.15, -0.1) is 11.8 Å². The van der Waals surface area contributed by atoms with E-state index in [0.717, 1.165) is 11.3 Å². The van der Waals surface area contributed by atoms with E-state index in [9.17, 15) is 14.7 Å². The summed E-state index contributed by atoms with van der Waals surface area (Å²) in [5.74, 6) is -1.77. The van der Waals surface area contributed by atoms with Crippen molar-refractivity contribution in [3.63, 3.8) is 0 Å². The maximum absolute atomic E-state index is 12.9. The summed E-state index contributed by atoms with van der Waals surface area (Å²) in [6.45, 7) is 12.7. The number of benzene rings is 1. The fourth-order valence-corrected chi connectivity index (χ4v) is 5.20. The largest absolute Gasteiger partial charge is 0.459 e. The lowest BCUT2D eigenvalue weighted by atomic mass is 9.98. The SMILES string of the molecule is CCS[C@@H]1O[C@@H]2COC(c3ccccc3)O[C@@H]2[C@H](O)[C@H]1OCCC(C(=O)OC(C)(C)C)C(=O)OC(C)(C)C. The fourth-order valence-electron chi connectivity index (χ4n) is 4.22. The number of hydrogen-bond donors (Lipinski definition) is 1. The van der Waals surface area contributed by atoms with Crippen LogP contribution in [-0.2, 0) is 38.0 Å². The van der Waals surface area contributed by atoms with Gasteiger partial charge in [0, 0.05) is 12.2 Å². The molecular formula is C28H42O9S. The highest BCUT2D eigenvalue weighted by molar-refractivity contribution is 7.99. The lowest BCUT2D eigenvalue weighted by Crippen LogP contribution is -2.61. The van der Waals surface area contributed by atoms with E-state index >= 15 is 0 Å². The van der Waals surface area contributed by atoms with Gasteiger partial charge in [0.05, 0.1) is 6.61 Å². The Kier molecular flexibility index (Phi) is 10.6. The van der Waals surface area contributed by atoms with E-state index in [2.05, 4.69) is 0 Å². The Balaban J connectivity index is 1.70. The molecule has 0 aromatic heterocycles. The van der Waals surface area contributed by atoms with Gasteiger partial charge in [-0.1, -0.05) is 37.3 Å². The monoisotopic (exact) mass is 554 g/mol. The molecular weight excluding hydrogens is 512 g/mol. The smallest absolute Gasteiger partial charge is 0.320 e. The Bertz CT molecular complexity index is 883. The average Bonchev–Trinajstić information content (AvgIpc) is 2.81. The maximum Gasteiger partial charge on any atom is 0.320 e. The van der Waals surface area contributed by atoms with Crippen molar-refractivity contribution in [3.05, 3.63) is 35.9 Å². The first-order valence-electron chi connectivity index (χ1n) is 13.1. The van der Waals surface area contributed by atoms with Crippen molar-refractivity contribution in [1.29, 1.82) is 0 Å². The van der Waals surface area contributed by atoms with Gasteiger partial charge in [0.2, 0.25) is 0 Å². The van der Waals surface area contributed by atoms with E-state index < -0.39 is 65.2 Å². The van der Waals surface area contributed by atoms with E-state index in [1.807, 2.05) is 37.3 Å². The lowest BCUT2D eigenvalue weighted by Gasteiger charge is -2.47. The van der Waals surface area contributed by atoms with Crippen LogP contribution in [0.1, 0.15) is 66.7 Å². The summed E-state index contributed by atoms with van der Waals surface area (Å²) >= 11 is 1.50. The van der Waals surface area contributed by atoms with Gasteiger partial charge in [-0.3, -0.25) is 9.59 Å². The molecule has 0 amide bonds. The molecule has 6 atom stereocenters. The third kappa shape index (κ3) is 8.66. The molecule has 2 fully saturated rings. The summed E-state index contributed by atoms with van der Waals surface area (Å²) < 4.78 is 35.3. The van der Waals surface area contributed by atoms with Crippen LogP contribution < -0.4 is 0 Å². The first kappa shape index (κ1) is 30.8. The number of aliphatic hydroxyl groups excluding tert-OH is 1. The number of carbonyl (C=O) groups excluding carboxylic acids is 2. The maximum atomic E-state index is 12.9. The molecule has 214 valence electrons. The Morgan fingerprint density at radius 3 is 2.18 bits per heavy atom. The zero-order valence-electron chi connectivity index (χ0n) is 23.4. The van der Waals surface area contributed by atoms with Gasteiger partial charge >= 0.3 is 11.9 Å². The van der Waals surface area contributed by atoms with E-state index in [-0.39, 0.29) is 19.6 Å².